The topological polar surface area (TPSA) is 48.6 Å². The standard InChI is InChI=1S/C7H4FIN2O/c8-3-1-4(9)6-5(2-3)10-7(12)11-6/h1-2H,(H2,10,11,12). The second kappa shape index (κ2) is 2.58. The second-order valence-electron chi connectivity index (χ2n) is 2.39. The van der Waals surface area contributed by atoms with Gasteiger partial charge >= 0.3 is 5.69 Å². The molecule has 0 spiro atoms. The SMILES string of the molecule is O=c1[nH]c2cc(F)cc(I)c2[nH]1. The number of aromatic nitrogens is 2. The number of hydrogen-bond donors (Lipinski definition) is 2. The van der Waals surface area contributed by atoms with Crippen LogP contribution in [0.1, 0.15) is 0 Å². The summed E-state index contributed by atoms with van der Waals surface area (Å²) in [6, 6.07) is 2.65. The van der Waals surface area contributed by atoms with Crippen molar-refractivity contribution in [2.24, 2.45) is 0 Å². The first kappa shape index (κ1) is 7.78. The molecule has 12 heavy (non-hydrogen) atoms. The van der Waals surface area contributed by atoms with Crippen LogP contribution in [0.4, 0.5) is 4.39 Å². The molecule has 62 valence electrons. The number of benzene rings is 1. The van der Waals surface area contributed by atoms with Crippen molar-refractivity contribution in [2.45, 2.75) is 0 Å². The fraction of sp³-hybridized carbons (Fsp3) is 0. The van der Waals surface area contributed by atoms with Gasteiger partial charge in [0.1, 0.15) is 5.82 Å². The first-order valence-corrected chi connectivity index (χ1v) is 4.32. The quantitative estimate of drug-likeness (QED) is 0.706. The van der Waals surface area contributed by atoms with Gasteiger partial charge in [-0.2, -0.15) is 0 Å². The van der Waals surface area contributed by atoms with Crippen molar-refractivity contribution in [3.8, 4) is 0 Å². The molecule has 2 N–H and O–H groups in total. The summed E-state index contributed by atoms with van der Waals surface area (Å²) in [6.07, 6.45) is 0. The van der Waals surface area contributed by atoms with E-state index in [4.69, 9.17) is 0 Å². The van der Waals surface area contributed by atoms with Gasteiger partial charge in [0.15, 0.2) is 0 Å². The Hall–Kier alpha value is -0.850. The average molecular weight is 278 g/mol. The molecule has 0 aliphatic carbocycles. The zero-order valence-corrected chi connectivity index (χ0v) is 7.98. The van der Waals surface area contributed by atoms with Gasteiger partial charge in [-0.15, -0.1) is 0 Å². The highest BCUT2D eigenvalue weighted by atomic mass is 127. The minimum absolute atomic E-state index is 0.312. The molecule has 0 fully saturated rings. The van der Waals surface area contributed by atoms with E-state index < -0.39 is 0 Å². The molecule has 0 saturated heterocycles. The summed E-state index contributed by atoms with van der Waals surface area (Å²) in [6.45, 7) is 0. The Labute approximate surface area is 80.1 Å². The fourth-order valence-electron chi connectivity index (χ4n) is 1.07. The predicted molar refractivity (Wildman–Crippen MR) is 51.6 cm³/mol. The third-order valence-electron chi connectivity index (χ3n) is 1.54. The van der Waals surface area contributed by atoms with E-state index in [1.807, 2.05) is 22.6 Å². The zero-order valence-electron chi connectivity index (χ0n) is 5.82. The van der Waals surface area contributed by atoms with Crippen LogP contribution in [-0.2, 0) is 0 Å². The van der Waals surface area contributed by atoms with Crippen LogP contribution < -0.4 is 5.69 Å². The van der Waals surface area contributed by atoms with Gasteiger partial charge in [-0.3, -0.25) is 0 Å². The molecule has 1 aromatic heterocycles. The van der Waals surface area contributed by atoms with E-state index in [1.165, 1.54) is 12.1 Å². The third kappa shape index (κ3) is 1.13. The number of aromatic amines is 2. The lowest BCUT2D eigenvalue weighted by Gasteiger charge is -1.92. The highest BCUT2D eigenvalue weighted by Gasteiger charge is 2.03. The average Bonchev–Trinajstić information content (AvgIpc) is 2.29. The van der Waals surface area contributed by atoms with Gasteiger partial charge in [-0.1, -0.05) is 0 Å². The molecule has 0 bridgehead atoms. The van der Waals surface area contributed by atoms with E-state index in [0.717, 1.165) is 0 Å². The van der Waals surface area contributed by atoms with Gasteiger partial charge < -0.3 is 9.97 Å². The van der Waals surface area contributed by atoms with Crippen molar-refractivity contribution >= 4 is 33.6 Å². The highest BCUT2D eigenvalue weighted by molar-refractivity contribution is 14.1. The Bertz CT molecular complexity index is 488. The number of H-pyrrole nitrogens is 2. The minimum atomic E-state index is -0.345. The van der Waals surface area contributed by atoms with E-state index in [2.05, 4.69) is 9.97 Å². The van der Waals surface area contributed by atoms with Crippen LogP contribution in [0.5, 0.6) is 0 Å². The Balaban J connectivity index is 2.97. The lowest BCUT2D eigenvalue weighted by molar-refractivity contribution is 0.628. The molecule has 3 nitrogen and oxygen atoms in total. The molecule has 0 atom stereocenters. The maximum atomic E-state index is 12.8. The summed E-state index contributed by atoms with van der Waals surface area (Å²) in [7, 11) is 0. The Morgan fingerprint density at radius 2 is 2.08 bits per heavy atom. The first-order valence-electron chi connectivity index (χ1n) is 3.24. The lowest BCUT2D eigenvalue weighted by Crippen LogP contribution is -1.99. The summed E-state index contributed by atoms with van der Waals surface area (Å²) < 4.78 is 13.5. The largest absolute Gasteiger partial charge is 0.323 e. The third-order valence-corrected chi connectivity index (χ3v) is 2.39. The van der Waals surface area contributed by atoms with E-state index in [1.54, 1.807) is 0 Å². The van der Waals surface area contributed by atoms with Crippen molar-refractivity contribution in [1.82, 2.24) is 9.97 Å². The predicted octanol–water partition coefficient (Wildman–Crippen LogP) is 1.60. The molecule has 0 amide bonds. The molecule has 0 saturated carbocycles. The summed E-state index contributed by atoms with van der Waals surface area (Å²) >= 11 is 1.97. The molecule has 0 aliphatic heterocycles. The number of nitrogens with one attached hydrogen (secondary N) is 2. The van der Waals surface area contributed by atoms with Gasteiger partial charge in [-0.05, 0) is 34.7 Å². The maximum absolute atomic E-state index is 12.8. The van der Waals surface area contributed by atoms with Gasteiger partial charge in [0, 0.05) is 3.57 Å². The molecule has 0 radical (unpaired) electrons. The molecule has 5 heteroatoms. The monoisotopic (exact) mass is 278 g/mol. The van der Waals surface area contributed by atoms with Gasteiger partial charge in [0.05, 0.1) is 11.0 Å². The Morgan fingerprint density at radius 3 is 2.83 bits per heavy atom. The molecule has 1 heterocycles. The van der Waals surface area contributed by atoms with E-state index in [9.17, 15) is 9.18 Å². The summed E-state index contributed by atoms with van der Waals surface area (Å²) in [5.74, 6) is -0.345. The lowest BCUT2D eigenvalue weighted by atomic mass is 10.3. The van der Waals surface area contributed by atoms with Crippen LogP contribution in [0.15, 0.2) is 16.9 Å². The molecular weight excluding hydrogens is 274 g/mol. The van der Waals surface area contributed by atoms with Crippen molar-refractivity contribution in [2.75, 3.05) is 0 Å². The van der Waals surface area contributed by atoms with Gasteiger partial charge in [-0.25, -0.2) is 9.18 Å². The van der Waals surface area contributed by atoms with E-state index >= 15 is 0 Å². The summed E-state index contributed by atoms with van der Waals surface area (Å²) in [4.78, 5) is 15.9. The maximum Gasteiger partial charge on any atom is 0.323 e. The number of rotatable bonds is 0. The Kier molecular flexibility index (Phi) is 1.67. The summed E-state index contributed by atoms with van der Waals surface area (Å²) in [5, 5.41) is 0. The molecule has 0 aliphatic rings. The normalized spacial score (nSPS) is 10.8. The second-order valence-corrected chi connectivity index (χ2v) is 3.55. The van der Waals surface area contributed by atoms with Crippen LogP contribution in [-0.4, -0.2) is 9.97 Å². The molecule has 2 rings (SSSR count). The highest BCUT2D eigenvalue weighted by Crippen LogP contribution is 2.17. The number of fused-ring (bicyclic) bond motifs is 1. The molecule has 0 unspecified atom stereocenters. The zero-order chi connectivity index (χ0) is 8.72. The number of hydrogen-bond acceptors (Lipinski definition) is 1. The van der Waals surface area contributed by atoms with E-state index in [0.29, 0.717) is 14.6 Å². The van der Waals surface area contributed by atoms with E-state index in [-0.39, 0.29) is 11.5 Å². The fourth-order valence-corrected chi connectivity index (χ4v) is 1.79. The molecular formula is C7H4FIN2O. The van der Waals surface area contributed by atoms with Crippen LogP contribution in [0.3, 0.4) is 0 Å². The van der Waals surface area contributed by atoms with Crippen LogP contribution in [0.25, 0.3) is 11.0 Å². The number of imidazole rings is 1. The smallest absolute Gasteiger partial charge is 0.306 e. The van der Waals surface area contributed by atoms with Gasteiger partial charge in [0.2, 0.25) is 0 Å². The molecule has 1 aromatic carbocycles. The van der Waals surface area contributed by atoms with Crippen LogP contribution >= 0.6 is 22.6 Å². The Morgan fingerprint density at radius 1 is 1.33 bits per heavy atom. The van der Waals surface area contributed by atoms with Crippen LogP contribution in [0, 0.1) is 9.39 Å². The van der Waals surface area contributed by atoms with Crippen molar-refractivity contribution in [1.29, 1.82) is 0 Å². The minimum Gasteiger partial charge on any atom is -0.306 e. The number of halogens is 2. The van der Waals surface area contributed by atoms with Crippen LogP contribution in [0.2, 0.25) is 0 Å². The van der Waals surface area contributed by atoms with Gasteiger partial charge in [0.25, 0.3) is 0 Å². The van der Waals surface area contributed by atoms with Crippen molar-refractivity contribution in [3.63, 3.8) is 0 Å². The summed E-state index contributed by atoms with van der Waals surface area (Å²) in [5.41, 5.74) is 0.847. The van der Waals surface area contributed by atoms with Crippen molar-refractivity contribution in [3.05, 3.63) is 32.0 Å². The van der Waals surface area contributed by atoms with Crippen molar-refractivity contribution < 1.29 is 4.39 Å². The molecule has 2 aromatic rings. The first-order chi connectivity index (χ1) is 5.66.